The van der Waals surface area contributed by atoms with Gasteiger partial charge in [-0.25, -0.2) is 9.59 Å². The van der Waals surface area contributed by atoms with Crippen molar-refractivity contribution in [3.8, 4) is 11.5 Å². The minimum atomic E-state index is -0.977. The number of fused-ring (bicyclic) bond motifs is 1. The summed E-state index contributed by atoms with van der Waals surface area (Å²) in [7, 11) is 6.96. The van der Waals surface area contributed by atoms with Crippen LogP contribution in [0.2, 0.25) is 10.0 Å². The Morgan fingerprint density at radius 1 is 1.02 bits per heavy atom. The second-order valence-electron chi connectivity index (χ2n) is 11.4. The highest BCUT2D eigenvalue weighted by Gasteiger charge is 2.46. The van der Waals surface area contributed by atoms with Gasteiger partial charge >= 0.3 is 11.9 Å². The third kappa shape index (κ3) is 7.90. The number of likely N-dealkylation sites (N-methyl/N-ethyl adjacent to an activating group) is 1. The summed E-state index contributed by atoms with van der Waals surface area (Å²) in [5.41, 5.74) is 2.35. The molecule has 2 aromatic heterocycles. The number of hydrogen-bond acceptors (Lipinski definition) is 10. The number of thiophene rings is 1. The van der Waals surface area contributed by atoms with Gasteiger partial charge in [-0.1, -0.05) is 53.5 Å². The molecule has 1 aliphatic carbocycles. The monoisotopic (exact) mass is 697 g/mol. The molecule has 2 atom stereocenters. The Bertz CT molecular complexity index is 1710. The molecule has 0 bridgehead atoms. The first-order valence-electron chi connectivity index (χ1n) is 15.1. The highest BCUT2D eigenvalue weighted by atomic mass is 35.5. The van der Waals surface area contributed by atoms with Gasteiger partial charge in [0.05, 0.1) is 24.3 Å². The maximum absolute atomic E-state index is 13.6. The van der Waals surface area contributed by atoms with E-state index in [4.69, 9.17) is 42.1 Å². The highest BCUT2D eigenvalue weighted by Crippen LogP contribution is 2.39. The van der Waals surface area contributed by atoms with Crippen LogP contribution in [0.4, 0.5) is 0 Å². The van der Waals surface area contributed by atoms with Crippen molar-refractivity contribution in [3.63, 3.8) is 0 Å². The van der Waals surface area contributed by atoms with Gasteiger partial charge in [-0.05, 0) is 73.5 Å². The van der Waals surface area contributed by atoms with Crippen LogP contribution in [0, 0.1) is 0 Å². The Hall–Kier alpha value is -3.67. The number of methoxy groups -OCH3 is 2. The van der Waals surface area contributed by atoms with Crippen LogP contribution in [0.5, 0.6) is 11.5 Å². The number of esters is 2. The lowest BCUT2D eigenvalue weighted by Crippen LogP contribution is -2.48. The number of pyridine rings is 1. The fraction of sp³-hybridized carbons (Fsp3) is 0.343. The van der Waals surface area contributed by atoms with E-state index in [2.05, 4.69) is 10.3 Å². The van der Waals surface area contributed by atoms with Gasteiger partial charge < -0.3 is 23.8 Å². The summed E-state index contributed by atoms with van der Waals surface area (Å²) in [6.45, 7) is 1.28. The van der Waals surface area contributed by atoms with Crippen molar-refractivity contribution in [3.05, 3.63) is 109 Å². The molecule has 0 saturated heterocycles. The number of carbonyl (C=O) groups excluding carboxylic acids is 2. The second kappa shape index (κ2) is 15.5. The van der Waals surface area contributed by atoms with Crippen molar-refractivity contribution in [1.82, 2.24) is 15.2 Å². The zero-order valence-corrected chi connectivity index (χ0v) is 29.0. The molecule has 0 fully saturated rings. The third-order valence-corrected chi connectivity index (χ3v) is 9.88. The summed E-state index contributed by atoms with van der Waals surface area (Å²) in [4.78, 5) is 34.5. The van der Waals surface area contributed by atoms with Gasteiger partial charge in [0.15, 0.2) is 11.5 Å². The number of nitrogens with zero attached hydrogens (tertiary/aromatic N) is 2. The Balaban J connectivity index is 1.35. The van der Waals surface area contributed by atoms with Gasteiger partial charge in [0.25, 0.3) is 0 Å². The van der Waals surface area contributed by atoms with Crippen LogP contribution in [0.25, 0.3) is 0 Å². The lowest BCUT2D eigenvalue weighted by Gasteiger charge is -2.29. The molecule has 0 radical (unpaired) electrons. The molecule has 2 aromatic carbocycles. The number of carbonyl (C=O) groups is 2. The van der Waals surface area contributed by atoms with E-state index in [9.17, 15) is 9.59 Å². The van der Waals surface area contributed by atoms with Crippen LogP contribution in [0.15, 0.2) is 67.0 Å². The Kier molecular flexibility index (Phi) is 11.4. The molecular weight excluding hydrogens is 661 g/mol. The molecule has 0 amide bonds. The lowest BCUT2D eigenvalue weighted by atomic mass is 9.91. The summed E-state index contributed by atoms with van der Waals surface area (Å²) in [6.07, 6.45) is 3.81. The number of hydrogen-bond donors (Lipinski definition) is 1. The van der Waals surface area contributed by atoms with Gasteiger partial charge in [0.2, 0.25) is 0 Å². The number of ether oxygens (including phenoxy) is 4. The van der Waals surface area contributed by atoms with Gasteiger partial charge in [0.1, 0.15) is 23.1 Å². The zero-order chi connectivity index (χ0) is 33.6. The van der Waals surface area contributed by atoms with Crippen LogP contribution in [0.3, 0.4) is 0 Å². The maximum atomic E-state index is 13.6. The average Bonchev–Trinajstić information content (AvgIpc) is 3.70. The number of nitrogens with one attached hydrogen (secondary N) is 1. The lowest BCUT2D eigenvalue weighted by molar-refractivity contribution is -0.152. The van der Waals surface area contributed by atoms with Crippen LogP contribution in [-0.4, -0.2) is 63.3 Å². The SMILES string of the molecule is COc1ccc([C@H](Cc2c(Cl)cncc2Cl)OC(=O)c2ccc(CNC3(C(=O)OCCN(C)C)CCc4ccccc43)s2)cc1OC. The molecule has 1 aliphatic rings. The van der Waals surface area contributed by atoms with E-state index < -0.39 is 17.6 Å². The van der Waals surface area contributed by atoms with Crippen LogP contribution < -0.4 is 14.8 Å². The highest BCUT2D eigenvalue weighted by molar-refractivity contribution is 7.13. The number of aromatic nitrogens is 1. The molecule has 0 saturated carbocycles. The molecule has 0 spiro atoms. The van der Waals surface area contributed by atoms with Crippen molar-refractivity contribution < 1.29 is 28.5 Å². The van der Waals surface area contributed by atoms with E-state index in [1.54, 1.807) is 25.3 Å². The Morgan fingerprint density at radius 3 is 2.49 bits per heavy atom. The molecule has 248 valence electrons. The van der Waals surface area contributed by atoms with Gasteiger partial charge in [-0.3, -0.25) is 10.3 Å². The zero-order valence-electron chi connectivity index (χ0n) is 26.7. The topological polar surface area (TPSA) is 99.2 Å². The van der Waals surface area contributed by atoms with E-state index in [0.717, 1.165) is 22.4 Å². The summed E-state index contributed by atoms with van der Waals surface area (Å²) >= 11 is 14.2. The van der Waals surface area contributed by atoms with E-state index in [-0.39, 0.29) is 12.4 Å². The summed E-state index contributed by atoms with van der Waals surface area (Å²) < 4.78 is 22.8. The first-order chi connectivity index (χ1) is 22.6. The summed E-state index contributed by atoms with van der Waals surface area (Å²) in [5, 5.41) is 4.24. The van der Waals surface area contributed by atoms with Crippen molar-refractivity contribution >= 4 is 46.5 Å². The number of halogens is 2. The Labute approximate surface area is 288 Å². The first-order valence-corrected chi connectivity index (χ1v) is 16.7. The Morgan fingerprint density at radius 2 is 1.77 bits per heavy atom. The van der Waals surface area contributed by atoms with E-state index in [1.807, 2.05) is 55.4 Å². The third-order valence-electron chi connectivity index (χ3n) is 8.16. The minimum absolute atomic E-state index is 0.207. The fourth-order valence-corrected chi connectivity index (χ4v) is 6.98. The van der Waals surface area contributed by atoms with E-state index >= 15 is 0 Å². The molecule has 12 heteroatoms. The minimum Gasteiger partial charge on any atom is -0.493 e. The van der Waals surface area contributed by atoms with Crippen molar-refractivity contribution in [2.24, 2.45) is 0 Å². The average molecular weight is 699 g/mol. The quantitative estimate of drug-likeness (QED) is 0.145. The second-order valence-corrected chi connectivity index (χ2v) is 13.4. The maximum Gasteiger partial charge on any atom is 0.348 e. The molecule has 4 aromatic rings. The van der Waals surface area contributed by atoms with Gasteiger partial charge in [-0.2, -0.15) is 0 Å². The molecule has 0 aliphatic heterocycles. The van der Waals surface area contributed by atoms with Crippen molar-refractivity contribution in [2.45, 2.75) is 37.5 Å². The predicted molar refractivity (Wildman–Crippen MR) is 183 cm³/mol. The van der Waals surface area contributed by atoms with Crippen LogP contribution >= 0.6 is 34.5 Å². The van der Waals surface area contributed by atoms with Crippen LogP contribution in [-0.2, 0) is 39.2 Å². The molecule has 47 heavy (non-hydrogen) atoms. The van der Waals surface area contributed by atoms with Crippen LogP contribution in [0.1, 0.15) is 49.3 Å². The van der Waals surface area contributed by atoms with Gasteiger partial charge in [0, 0.05) is 36.8 Å². The van der Waals surface area contributed by atoms with Crippen molar-refractivity contribution in [1.29, 1.82) is 0 Å². The number of rotatable bonds is 14. The van der Waals surface area contributed by atoms with E-state index in [0.29, 0.717) is 63.7 Å². The molecule has 1 N–H and O–H groups in total. The van der Waals surface area contributed by atoms with Crippen molar-refractivity contribution in [2.75, 3.05) is 41.5 Å². The number of aryl methyl sites for hydroxylation is 1. The molecule has 5 rings (SSSR count). The first kappa shape index (κ1) is 34.7. The summed E-state index contributed by atoms with van der Waals surface area (Å²) in [5.74, 6) is 0.226. The fourth-order valence-electron chi connectivity index (χ4n) is 5.63. The smallest absolute Gasteiger partial charge is 0.348 e. The van der Waals surface area contributed by atoms with Gasteiger partial charge in [-0.15, -0.1) is 11.3 Å². The number of benzene rings is 2. The molecule has 2 heterocycles. The largest absolute Gasteiger partial charge is 0.493 e. The normalized spacial score (nSPS) is 16.1. The van der Waals surface area contributed by atoms with E-state index in [1.165, 1.54) is 30.8 Å². The molecule has 9 nitrogen and oxygen atoms in total. The standard InChI is InChI=1S/C35H37Cl2N3O6S/c1-40(2)15-16-45-34(42)35(14-13-22-7-5-6-8-26(22)35)39-19-24-10-12-32(47-24)33(41)46-30(18-25-27(36)20-38-21-28(25)37)23-9-11-29(43-3)31(17-23)44-4/h5-12,17,20-21,30,39H,13-16,18-19H2,1-4H3/t30-,35?/m0/s1. The predicted octanol–water partition coefficient (Wildman–Crippen LogP) is 6.64. The molecular formula is C35H37Cl2N3O6S. The molecule has 1 unspecified atom stereocenters. The summed E-state index contributed by atoms with van der Waals surface area (Å²) in [6, 6.07) is 16.9.